The molecule has 102 valence electrons. The molecule has 0 aliphatic heterocycles. The van der Waals surface area contributed by atoms with Gasteiger partial charge in [-0.05, 0) is 18.4 Å². The molecule has 1 unspecified atom stereocenters. The van der Waals surface area contributed by atoms with Crippen molar-refractivity contribution in [1.29, 1.82) is 5.26 Å². The van der Waals surface area contributed by atoms with Gasteiger partial charge in [-0.1, -0.05) is 44.2 Å². The smallest absolute Gasteiger partial charge is 0.254 e. The fraction of sp³-hybridized carbons (Fsp3) is 0.467. The van der Waals surface area contributed by atoms with Gasteiger partial charge in [-0.3, -0.25) is 4.79 Å². The van der Waals surface area contributed by atoms with E-state index in [1.165, 1.54) is 7.11 Å². The number of methoxy groups -OCH3 is 1. The van der Waals surface area contributed by atoms with Gasteiger partial charge in [-0.2, -0.15) is 5.26 Å². The van der Waals surface area contributed by atoms with Gasteiger partial charge in [0.2, 0.25) is 0 Å². The summed E-state index contributed by atoms with van der Waals surface area (Å²) < 4.78 is 5.26. The molecule has 19 heavy (non-hydrogen) atoms. The van der Waals surface area contributed by atoms with Crippen molar-refractivity contribution in [3.8, 4) is 6.07 Å². The van der Waals surface area contributed by atoms with Crippen LogP contribution in [-0.4, -0.2) is 18.6 Å². The number of hydrogen-bond acceptors (Lipinski definition) is 3. The summed E-state index contributed by atoms with van der Waals surface area (Å²) in [6, 6.07) is 11.4. The first-order valence-electron chi connectivity index (χ1n) is 6.43. The van der Waals surface area contributed by atoms with Crippen LogP contribution in [0.15, 0.2) is 30.3 Å². The Kier molecular flexibility index (Phi) is 5.53. The Morgan fingerprint density at radius 3 is 2.37 bits per heavy atom. The van der Waals surface area contributed by atoms with Crippen molar-refractivity contribution in [2.24, 2.45) is 0 Å². The molecule has 0 saturated heterocycles. The SMILES string of the molecule is CCC(C#N)(CC)NC(=O)C(OC)c1ccccc1. The molecule has 0 saturated carbocycles. The molecule has 1 atom stereocenters. The summed E-state index contributed by atoms with van der Waals surface area (Å²) >= 11 is 0. The summed E-state index contributed by atoms with van der Waals surface area (Å²) in [5.74, 6) is -0.279. The van der Waals surface area contributed by atoms with Gasteiger partial charge in [0.1, 0.15) is 5.54 Å². The third-order valence-corrected chi connectivity index (χ3v) is 3.36. The summed E-state index contributed by atoms with van der Waals surface area (Å²) in [6.45, 7) is 3.77. The standard InChI is InChI=1S/C15H20N2O2/c1-4-15(5-2,11-16)17-14(18)13(19-3)12-9-7-6-8-10-12/h6-10,13H,4-5H2,1-3H3,(H,17,18). The normalized spacial score (nSPS) is 12.5. The summed E-state index contributed by atoms with van der Waals surface area (Å²) in [4.78, 5) is 12.3. The molecule has 0 spiro atoms. The van der Waals surface area contributed by atoms with E-state index in [1.807, 2.05) is 44.2 Å². The molecule has 1 rings (SSSR count). The van der Waals surface area contributed by atoms with Gasteiger partial charge >= 0.3 is 0 Å². The lowest BCUT2D eigenvalue weighted by molar-refractivity contribution is -0.133. The van der Waals surface area contributed by atoms with Gasteiger partial charge in [0.15, 0.2) is 6.10 Å². The lowest BCUT2D eigenvalue weighted by atomic mass is 9.94. The van der Waals surface area contributed by atoms with E-state index in [-0.39, 0.29) is 5.91 Å². The van der Waals surface area contributed by atoms with E-state index in [4.69, 9.17) is 4.74 Å². The van der Waals surface area contributed by atoms with Crippen molar-refractivity contribution in [3.63, 3.8) is 0 Å². The number of nitrogens with one attached hydrogen (secondary N) is 1. The molecule has 0 bridgehead atoms. The number of rotatable bonds is 6. The summed E-state index contributed by atoms with van der Waals surface area (Å²) in [6.07, 6.45) is 0.445. The van der Waals surface area contributed by atoms with Gasteiger partial charge in [-0.25, -0.2) is 0 Å². The predicted octanol–water partition coefficient (Wildman–Crippen LogP) is 2.57. The molecule has 1 aromatic rings. The second-order valence-electron chi connectivity index (χ2n) is 4.42. The largest absolute Gasteiger partial charge is 0.367 e. The van der Waals surface area contributed by atoms with Crippen LogP contribution in [0.3, 0.4) is 0 Å². The second-order valence-corrected chi connectivity index (χ2v) is 4.42. The van der Waals surface area contributed by atoms with Gasteiger partial charge < -0.3 is 10.1 Å². The first-order chi connectivity index (χ1) is 9.12. The van der Waals surface area contributed by atoms with E-state index in [9.17, 15) is 10.1 Å². The van der Waals surface area contributed by atoms with Crippen LogP contribution in [-0.2, 0) is 9.53 Å². The fourth-order valence-electron chi connectivity index (χ4n) is 1.94. The summed E-state index contributed by atoms with van der Waals surface area (Å²) in [5.41, 5.74) is -0.0376. The Morgan fingerprint density at radius 1 is 1.37 bits per heavy atom. The van der Waals surface area contributed by atoms with Crippen molar-refractivity contribution < 1.29 is 9.53 Å². The molecular weight excluding hydrogens is 240 g/mol. The van der Waals surface area contributed by atoms with Gasteiger partial charge in [0, 0.05) is 7.11 Å². The second kappa shape index (κ2) is 6.91. The van der Waals surface area contributed by atoms with Gasteiger partial charge in [-0.15, -0.1) is 0 Å². The quantitative estimate of drug-likeness (QED) is 0.855. The molecule has 4 heteroatoms. The van der Waals surface area contributed by atoms with Crippen molar-refractivity contribution in [3.05, 3.63) is 35.9 Å². The van der Waals surface area contributed by atoms with E-state index < -0.39 is 11.6 Å². The summed E-state index contributed by atoms with van der Waals surface area (Å²) in [5, 5.41) is 12.0. The molecule has 1 aromatic carbocycles. The molecule has 1 amide bonds. The van der Waals surface area contributed by atoms with Crippen LogP contribution in [0.1, 0.15) is 38.4 Å². The van der Waals surface area contributed by atoms with E-state index >= 15 is 0 Å². The van der Waals surface area contributed by atoms with E-state index in [2.05, 4.69) is 11.4 Å². The highest BCUT2D eigenvalue weighted by atomic mass is 16.5. The average Bonchev–Trinajstić information content (AvgIpc) is 2.47. The van der Waals surface area contributed by atoms with E-state index in [0.717, 1.165) is 5.56 Å². The Hall–Kier alpha value is -1.86. The van der Waals surface area contributed by atoms with Crippen LogP contribution in [0.25, 0.3) is 0 Å². The Labute approximate surface area is 114 Å². The van der Waals surface area contributed by atoms with Crippen molar-refractivity contribution >= 4 is 5.91 Å². The minimum Gasteiger partial charge on any atom is -0.367 e. The van der Waals surface area contributed by atoms with Crippen molar-refractivity contribution in [2.45, 2.75) is 38.3 Å². The zero-order valence-corrected chi connectivity index (χ0v) is 11.6. The maximum absolute atomic E-state index is 12.3. The monoisotopic (exact) mass is 260 g/mol. The lowest BCUT2D eigenvalue weighted by Crippen LogP contribution is -2.48. The highest BCUT2D eigenvalue weighted by molar-refractivity contribution is 5.83. The minimum atomic E-state index is -0.817. The third kappa shape index (κ3) is 3.55. The lowest BCUT2D eigenvalue weighted by Gasteiger charge is -2.27. The number of hydrogen-bond donors (Lipinski definition) is 1. The van der Waals surface area contributed by atoms with Crippen molar-refractivity contribution in [1.82, 2.24) is 5.32 Å². The molecular formula is C15H20N2O2. The summed E-state index contributed by atoms with van der Waals surface area (Å²) in [7, 11) is 1.49. The number of carbonyl (C=O) groups excluding carboxylic acids is 1. The molecule has 4 nitrogen and oxygen atoms in total. The van der Waals surface area contributed by atoms with Crippen LogP contribution in [0.2, 0.25) is 0 Å². The van der Waals surface area contributed by atoms with Crippen LogP contribution in [0.5, 0.6) is 0 Å². The highest BCUT2D eigenvalue weighted by Crippen LogP contribution is 2.20. The highest BCUT2D eigenvalue weighted by Gasteiger charge is 2.31. The number of amides is 1. The maximum Gasteiger partial charge on any atom is 0.254 e. The number of nitriles is 1. The predicted molar refractivity (Wildman–Crippen MR) is 73.3 cm³/mol. The van der Waals surface area contributed by atoms with Gasteiger partial charge in [0.25, 0.3) is 5.91 Å². The van der Waals surface area contributed by atoms with Crippen LogP contribution >= 0.6 is 0 Å². The molecule has 1 N–H and O–H groups in total. The number of carbonyl (C=O) groups is 1. The average molecular weight is 260 g/mol. The molecule has 0 aromatic heterocycles. The molecule has 0 fully saturated rings. The maximum atomic E-state index is 12.3. The van der Waals surface area contributed by atoms with E-state index in [1.54, 1.807) is 0 Å². The Morgan fingerprint density at radius 2 is 1.95 bits per heavy atom. The molecule has 0 aliphatic carbocycles. The van der Waals surface area contributed by atoms with Crippen LogP contribution in [0.4, 0.5) is 0 Å². The molecule has 0 radical (unpaired) electrons. The fourth-order valence-corrected chi connectivity index (χ4v) is 1.94. The number of ether oxygens (including phenoxy) is 1. The molecule has 0 aliphatic rings. The van der Waals surface area contributed by atoms with E-state index in [0.29, 0.717) is 12.8 Å². The zero-order chi connectivity index (χ0) is 14.3. The molecule has 0 heterocycles. The van der Waals surface area contributed by atoms with Crippen LogP contribution < -0.4 is 5.32 Å². The Balaban J connectivity index is 2.90. The van der Waals surface area contributed by atoms with Crippen molar-refractivity contribution in [2.75, 3.05) is 7.11 Å². The third-order valence-electron chi connectivity index (χ3n) is 3.36. The Bertz CT molecular complexity index is 447. The van der Waals surface area contributed by atoms with Gasteiger partial charge in [0.05, 0.1) is 6.07 Å². The van der Waals surface area contributed by atoms with Crippen LogP contribution in [0, 0.1) is 11.3 Å². The minimum absolute atomic E-state index is 0.279. The number of nitrogens with zero attached hydrogens (tertiary/aromatic N) is 1. The number of benzene rings is 1. The zero-order valence-electron chi connectivity index (χ0n) is 11.6. The topological polar surface area (TPSA) is 62.1 Å². The first-order valence-corrected chi connectivity index (χ1v) is 6.43. The first kappa shape index (κ1) is 15.2.